The van der Waals surface area contributed by atoms with Gasteiger partial charge in [-0.15, -0.1) is 0 Å². The summed E-state index contributed by atoms with van der Waals surface area (Å²) in [5.41, 5.74) is 2.53. The van der Waals surface area contributed by atoms with Crippen LogP contribution in [0, 0.1) is 0 Å². The first-order valence-electron chi connectivity index (χ1n) is 12.2. The van der Waals surface area contributed by atoms with Gasteiger partial charge in [-0.05, 0) is 81.3 Å². The first-order valence-corrected chi connectivity index (χ1v) is 12.2. The molecule has 34 heavy (non-hydrogen) atoms. The number of methoxy groups -OCH3 is 2. The Labute approximate surface area is 203 Å². The number of ether oxygens (including phenoxy) is 2. The van der Waals surface area contributed by atoms with Crippen molar-refractivity contribution in [2.75, 3.05) is 14.2 Å². The summed E-state index contributed by atoms with van der Waals surface area (Å²) >= 11 is 0. The third-order valence-corrected chi connectivity index (χ3v) is 7.18. The summed E-state index contributed by atoms with van der Waals surface area (Å²) in [6.45, 7) is 8.95. The van der Waals surface area contributed by atoms with Crippen LogP contribution >= 0.6 is 0 Å². The van der Waals surface area contributed by atoms with Crippen molar-refractivity contribution in [2.45, 2.75) is 77.0 Å². The number of fused-ring (bicyclic) bond motifs is 2. The topological polar surface area (TPSA) is 52.6 Å². The van der Waals surface area contributed by atoms with E-state index < -0.39 is 0 Å². The maximum absolute atomic E-state index is 11.5. The number of benzene rings is 3. The molecule has 4 nitrogen and oxygen atoms in total. The summed E-state index contributed by atoms with van der Waals surface area (Å²) in [4.78, 5) is 22.9. The molecule has 0 N–H and O–H groups in total. The molecule has 0 atom stereocenters. The molecule has 0 heterocycles. The Balaban J connectivity index is 1.82. The van der Waals surface area contributed by atoms with Gasteiger partial charge >= 0.3 is 11.9 Å². The fraction of sp³-hybridized carbons (Fsp3) is 0.467. The molecule has 0 aliphatic rings. The quantitative estimate of drug-likeness (QED) is 0.235. The van der Waals surface area contributed by atoms with Crippen molar-refractivity contribution < 1.29 is 19.1 Å². The number of hydrogen-bond donors (Lipinski definition) is 0. The highest BCUT2D eigenvalue weighted by Crippen LogP contribution is 2.35. The summed E-state index contributed by atoms with van der Waals surface area (Å²) in [5.74, 6) is -0.293. The zero-order valence-corrected chi connectivity index (χ0v) is 21.5. The van der Waals surface area contributed by atoms with Gasteiger partial charge in [0.2, 0.25) is 0 Å². The van der Waals surface area contributed by atoms with Crippen molar-refractivity contribution in [3.63, 3.8) is 0 Å². The lowest BCUT2D eigenvalue weighted by Crippen LogP contribution is -2.18. The van der Waals surface area contributed by atoms with Crippen LogP contribution in [0.15, 0.2) is 48.5 Å². The second-order valence-electron chi connectivity index (χ2n) is 10.6. The van der Waals surface area contributed by atoms with E-state index in [2.05, 4.69) is 76.2 Å². The van der Waals surface area contributed by atoms with Crippen LogP contribution in [-0.2, 0) is 29.9 Å². The van der Waals surface area contributed by atoms with Crippen molar-refractivity contribution in [3.8, 4) is 0 Å². The standard InChI is InChI=1S/C30H38O4/c1-29(2,15-7-9-27(31)33-5)25-13-11-21-18-24-20-26(14-12-22(24)17-23(21)19-25)30(3,4)16-8-10-28(32)34-6/h11-14,17-20H,7-10,15-16H2,1-6H3. The van der Waals surface area contributed by atoms with E-state index in [1.165, 1.54) is 46.9 Å². The SMILES string of the molecule is COC(=O)CCCC(C)(C)c1ccc2cc3cc(C(C)(C)CCCC(=O)OC)ccc3cc2c1. The van der Waals surface area contributed by atoms with Gasteiger partial charge in [-0.3, -0.25) is 9.59 Å². The van der Waals surface area contributed by atoms with Gasteiger partial charge in [-0.2, -0.15) is 0 Å². The Bertz CT molecular complexity index is 1080. The molecule has 0 spiro atoms. The van der Waals surface area contributed by atoms with Crippen LogP contribution < -0.4 is 0 Å². The van der Waals surface area contributed by atoms with Crippen LogP contribution in [0.3, 0.4) is 0 Å². The molecule has 0 radical (unpaired) electrons. The lowest BCUT2D eigenvalue weighted by atomic mass is 9.78. The predicted molar refractivity (Wildman–Crippen MR) is 139 cm³/mol. The van der Waals surface area contributed by atoms with Crippen molar-refractivity contribution in [3.05, 3.63) is 59.7 Å². The number of rotatable bonds is 10. The van der Waals surface area contributed by atoms with Gasteiger partial charge in [0.1, 0.15) is 0 Å². The van der Waals surface area contributed by atoms with E-state index in [0.29, 0.717) is 12.8 Å². The monoisotopic (exact) mass is 462 g/mol. The minimum Gasteiger partial charge on any atom is -0.469 e. The highest BCUT2D eigenvalue weighted by Gasteiger charge is 2.23. The van der Waals surface area contributed by atoms with Crippen molar-refractivity contribution >= 4 is 33.5 Å². The summed E-state index contributed by atoms with van der Waals surface area (Å²) < 4.78 is 9.55. The number of hydrogen-bond acceptors (Lipinski definition) is 4. The zero-order chi connectivity index (χ0) is 24.9. The minimum atomic E-state index is -0.146. The Kier molecular flexibility index (Phi) is 8.01. The third kappa shape index (κ3) is 6.16. The molecule has 0 amide bonds. The molecule has 3 rings (SSSR count). The highest BCUT2D eigenvalue weighted by atomic mass is 16.5. The highest BCUT2D eigenvalue weighted by molar-refractivity contribution is 5.98. The van der Waals surface area contributed by atoms with E-state index in [1.807, 2.05) is 0 Å². The average molecular weight is 463 g/mol. The van der Waals surface area contributed by atoms with Gasteiger partial charge in [0.05, 0.1) is 14.2 Å². The van der Waals surface area contributed by atoms with E-state index in [1.54, 1.807) is 0 Å². The molecule has 182 valence electrons. The van der Waals surface area contributed by atoms with Gasteiger partial charge in [0, 0.05) is 12.8 Å². The van der Waals surface area contributed by atoms with E-state index in [4.69, 9.17) is 9.47 Å². The first kappa shape index (κ1) is 25.7. The fourth-order valence-corrected chi connectivity index (χ4v) is 4.68. The maximum atomic E-state index is 11.5. The Hall–Kier alpha value is -2.88. The molecule has 0 saturated carbocycles. The third-order valence-electron chi connectivity index (χ3n) is 7.18. The average Bonchev–Trinajstić information content (AvgIpc) is 2.81. The summed E-state index contributed by atoms with van der Waals surface area (Å²) in [5, 5.41) is 4.91. The smallest absolute Gasteiger partial charge is 0.305 e. The second kappa shape index (κ2) is 10.6. The van der Waals surface area contributed by atoms with E-state index in [-0.39, 0.29) is 22.8 Å². The normalized spacial score (nSPS) is 12.2. The Morgan fingerprint density at radius 2 is 1.00 bits per heavy atom. The van der Waals surface area contributed by atoms with Gasteiger partial charge in [0.25, 0.3) is 0 Å². The molecule has 0 saturated heterocycles. The molecule has 3 aromatic carbocycles. The van der Waals surface area contributed by atoms with E-state index >= 15 is 0 Å². The molecule has 3 aromatic rings. The van der Waals surface area contributed by atoms with Crippen molar-refractivity contribution in [1.29, 1.82) is 0 Å². The van der Waals surface area contributed by atoms with Crippen LogP contribution in [0.4, 0.5) is 0 Å². The molecule has 0 aliphatic heterocycles. The van der Waals surface area contributed by atoms with Crippen molar-refractivity contribution in [1.82, 2.24) is 0 Å². The molecule has 0 unspecified atom stereocenters. The number of carbonyl (C=O) groups excluding carboxylic acids is 2. The molecule has 4 heteroatoms. The molecule has 0 fully saturated rings. The molecule has 0 bridgehead atoms. The summed E-state index contributed by atoms with van der Waals surface area (Å²) in [7, 11) is 2.88. The summed E-state index contributed by atoms with van der Waals surface area (Å²) in [6.07, 6.45) is 4.39. The molecular formula is C30H38O4. The predicted octanol–water partition coefficient (Wildman–Crippen LogP) is 7.23. The van der Waals surface area contributed by atoms with Crippen LogP contribution in [-0.4, -0.2) is 26.2 Å². The Morgan fingerprint density at radius 3 is 1.35 bits per heavy atom. The van der Waals surface area contributed by atoms with Crippen LogP contribution in [0.25, 0.3) is 21.5 Å². The molecule has 0 aromatic heterocycles. The zero-order valence-electron chi connectivity index (χ0n) is 21.5. The number of carbonyl (C=O) groups is 2. The Morgan fingerprint density at radius 1 is 0.618 bits per heavy atom. The van der Waals surface area contributed by atoms with Gasteiger partial charge in [-0.1, -0.05) is 64.1 Å². The van der Waals surface area contributed by atoms with E-state index in [0.717, 1.165) is 25.7 Å². The van der Waals surface area contributed by atoms with Crippen LogP contribution in [0.5, 0.6) is 0 Å². The molecular weight excluding hydrogens is 424 g/mol. The van der Waals surface area contributed by atoms with Gasteiger partial charge in [-0.25, -0.2) is 0 Å². The largest absolute Gasteiger partial charge is 0.469 e. The molecule has 0 aliphatic carbocycles. The lowest BCUT2D eigenvalue weighted by Gasteiger charge is -2.26. The summed E-state index contributed by atoms with van der Waals surface area (Å²) in [6, 6.07) is 18.0. The second-order valence-corrected chi connectivity index (χ2v) is 10.6. The minimum absolute atomic E-state index is 0.0186. The van der Waals surface area contributed by atoms with Crippen LogP contribution in [0.1, 0.15) is 77.3 Å². The number of esters is 2. The van der Waals surface area contributed by atoms with Crippen molar-refractivity contribution in [2.24, 2.45) is 0 Å². The van der Waals surface area contributed by atoms with Gasteiger partial charge < -0.3 is 9.47 Å². The van der Waals surface area contributed by atoms with E-state index in [9.17, 15) is 9.59 Å². The lowest BCUT2D eigenvalue weighted by molar-refractivity contribution is -0.141. The van der Waals surface area contributed by atoms with Crippen LogP contribution in [0.2, 0.25) is 0 Å². The first-order chi connectivity index (χ1) is 16.1. The maximum Gasteiger partial charge on any atom is 0.305 e. The fourth-order valence-electron chi connectivity index (χ4n) is 4.68. The van der Waals surface area contributed by atoms with Gasteiger partial charge in [0.15, 0.2) is 0 Å².